The lowest BCUT2D eigenvalue weighted by Crippen LogP contribution is -2.43. The first-order chi connectivity index (χ1) is 10.1. The van der Waals surface area contributed by atoms with E-state index in [1.165, 1.54) is 12.8 Å². The van der Waals surface area contributed by atoms with Crippen molar-refractivity contribution in [2.24, 2.45) is 11.7 Å². The van der Waals surface area contributed by atoms with Crippen molar-refractivity contribution in [1.29, 1.82) is 0 Å². The highest BCUT2D eigenvalue weighted by Gasteiger charge is 2.24. The average Bonchev–Trinajstić information content (AvgIpc) is 2.84. The number of benzene rings is 1. The number of rotatable bonds is 5. The molecule has 0 saturated heterocycles. The van der Waals surface area contributed by atoms with Gasteiger partial charge in [-0.2, -0.15) is 0 Å². The molecule has 1 fully saturated rings. The molecule has 1 aromatic carbocycles. The molecule has 2 rings (SSSR count). The van der Waals surface area contributed by atoms with Crippen LogP contribution in [0.5, 0.6) is 0 Å². The molecule has 5 nitrogen and oxygen atoms in total. The molecule has 0 radical (unpaired) electrons. The fourth-order valence-corrected chi connectivity index (χ4v) is 2.78. The normalized spacial score (nSPS) is 21.0. The Morgan fingerprint density at radius 1 is 1.33 bits per heavy atom. The highest BCUT2D eigenvalue weighted by Crippen LogP contribution is 2.24. The fraction of sp³-hybridized carbons (Fsp3) is 0.500. The summed E-state index contributed by atoms with van der Waals surface area (Å²) in [6, 6.07) is 7.36. The third-order valence-electron chi connectivity index (χ3n) is 4.09. The summed E-state index contributed by atoms with van der Waals surface area (Å²) in [7, 11) is 0. The molecule has 0 spiro atoms. The summed E-state index contributed by atoms with van der Waals surface area (Å²) in [6.07, 6.45) is 4.11. The van der Waals surface area contributed by atoms with Crippen molar-refractivity contribution in [2.75, 3.05) is 6.54 Å². The van der Waals surface area contributed by atoms with Crippen LogP contribution >= 0.6 is 0 Å². The highest BCUT2D eigenvalue weighted by atomic mass is 16.2. The zero-order chi connectivity index (χ0) is 15.2. The van der Waals surface area contributed by atoms with E-state index in [2.05, 4.69) is 17.6 Å². The van der Waals surface area contributed by atoms with Gasteiger partial charge in [0, 0.05) is 18.2 Å². The van der Waals surface area contributed by atoms with Gasteiger partial charge in [-0.3, -0.25) is 4.79 Å². The Morgan fingerprint density at radius 3 is 2.81 bits per heavy atom. The number of urea groups is 1. The summed E-state index contributed by atoms with van der Waals surface area (Å²) in [5.41, 5.74) is 6.73. The molecule has 114 valence electrons. The Labute approximate surface area is 125 Å². The van der Waals surface area contributed by atoms with E-state index < -0.39 is 5.91 Å². The molecule has 5 heteroatoms. The van der Waals surface area contributed by atoms with E-state index in [1.807, 2.05) is 6.07 Å². The van der Waals surface area contributed by atoms with Crippen LogP contribution in [0.15, 0.2) is 24.3 Å². The molecule has 1 aliphatic rings. The van der Waals surface area contributed by atoms with E-state index in [9.17, 15) is 9.59 Å². The maximum Gasteiger partial charge on any atom is 0.315 e. The molecule has 2 atom stereocenters. The average molecular weight is 289 g/mol. The highest BCUT2D eigenvalue weighted by molar-refractivity contribution is 5.92. The summed E-state index contributed by atoms with van der Waals surface area (Å²) < 4.78 is 0. The second-order valence-electron chi connectivity index (χ2n) is 5.73. The Kier molecular flexibility index (Phi) is 5.20. The maximum absolute atomic E-state index is 11.8. The van der Waals surface area contributed by atoms with Gasteiger partial charge in [0.1, 0.15) is 0 Å². The number of carbonyl (C=O) groups excluding carboxylic acids is 2. The van der Waals surface area contributed by atoms with Crippen LogP contribution in [-0.4, -0.2) is 24.5 Å². The van der Waals surface area contributed by atoms with E-state index in [1.54, 1.807) is 18.2 Å². The first-order valence-electron chi connectivity index (χ1n) is 7.49. The van der Waals surface area contributed by atoms with Gasteiger partial charge < -0.3 is 16.4 Å². The van der Waals surface area contributed by atoms with Crippen LogP contribution in [0.4, 0.5) is 4.79 Å². The lowest BCUT2D eigenvalue weighted by molar-refractivity contribution is 0.1000. The monoisotopic (exact) mass is 289 g/mol. The predicted molar refractivity (Wildman–Crippen MR) is 82.0 cm³/mol. The second-order valence-corrected chi connectivity index (χ2v) is 5.73. The third-order valence-corrected chi connectivity index (χ3v) is 4.09. The molecule has 0 heterocycles. The number of primary amides is 1. The Morgan fingerprint density at radius 2 is 2.14 bits per heavy atom. The number of amides is 3. The van der Waals surface area contributed by atoms with Crippen LogP contribution in [0.25, 0.3) is 0 Å². The lowest BCUT2D eigenvalue weighted by atomic mass is 10.1. The smallest absolute Gasteiger partial charge is 0.315 e. The quantitative estimate of drug-likeness (QED) is 0.772. The Hall–Kier alpha value is -2.04. The topological polar surface area (TPSA) is 84.2 Å². The van der Waals surface area contributed by atoms with E-state index in [-0.39, 0.29) is 6.03 Å². The lowest BCUT2D eigenvalue weighted by Gasteiger charge is -2.17. The first-order valence-corrected chi connectivity index (χ1v) is 7.49. The number of carbonyl (C=O) groups is 2. The standard InChI is InChI=1S/C16H23N3O2/c1-11-4-2-7-14(11)19-16(21)18-9-8-12-5-3-6-13(10-12)15(17)20/h3,5-6,10-11,14H,2,4,7-9H2,1H3,(H2,17,20)(H2,18,19,21)/t11-,14+/m1/s1. The van der Waals surface area contributed by atoms with Crippen LogP contribution < -0.4 is 16.4 Å². The molecule has 0 aromatic heterocycles. The van der Waals surface area contributed by atoms with Crippen molar-refractivity contribution in [2.45, 2.75) is 38.6 Å². The van der Waals surface area contributed by atoms with Crippen molar-refractivity contribution < 1.29 is 9.59 Å². The van der Waals surface area contributed by atoms with Gasteiger partial charge in [-0.05, 0) is 42.9 Å². The van der Waals surface area contributed by atoms with Crippen molar-refractivity contribution in [3.8, 4) is 0 Å². The van der Waals surface area contributed by atoms with Gasteiger partial charge in [-0.25, -0.2) is 4.79 Å². The molecule has 1 saturated carbocycles. The SMILES string of the molecule is C[C@@H]1CCC[C@@H]1NC(=O)NCCc1cccc(C(N)=O)c1. The molecule has 0 unspecified atom stereocenters. The second kappa shape index (κ2) is 7.11. The Balaban J connectivity index is 1.75. The molecule has 0 aliphatic heterocycles. The van der Waals surface area contributed by atoms with Crippen molar-refractivity contribution in [1.82, 2.24) is 10.6 Å². The molecule has 21 heavy (non-hydrogen) atoms. The molecule has 0 bridgehead atoms. The molecule has 4 N–H and O–H groups in total. The predicted octanol–water partition coefficient (Wildman–Crippen LogP) is 1.82. The number of nitrogens with one attached hydrogen (secondary N) is 2. The van der Waals surface area contributed by atoms with E-state index in [0.29, 0.717) is 30.5 Å². The van der Waals surface area contributed by atoms with Crippen LogP contribution in [0, 0.1) is 5.92 Å². The van der Waals surface area contributed by atoms with Crippen LogP contribution in [-0.2, 0) is 6.42 Å². The van der Waals surface area contributed by atoms with Crippen molar-refractivity contribution >= 4 is 11.9 Å². The summed E-state index contributed by atoms with van der Waals surface area (Å²) >= 11 is 0. The Bertz CT molecular complexity index is 516. The minimum atomic E-state index is -0.433. The molecular weight excluding hydrogens is 266 g/mol. The van der Waals surface area contributed by atoms with E-state index >= 15 is 0 Å². The van der Waals surface area contributed by atoms with Gasteiger partial charge in [-0.1, -0.05) is 25.5 Å². The third kappa shape index (κ3) is 4.48. The molecule has 3 amide bonds. The summed E-state index contributed by atoms with van der Waals surface area (Å²) in [5, 5.41) is 5.88. The zero-order valence-electron chi connectivity index (χ0n) is 12.4. The van der Waals surface area contributed by atoms with Crippen molar-refractivity contribution in [3.05, 3.63) is 35.4 Å². The van der Waals surface area contributed by atoms with E-state index in [4.69, 9.17) is 5.73 Å². The van der Waals surface area contributed by atoms with Gasteiger partial charge >= 0.3 is 6.03 Å². The molecular formula is C16H23N3O2. The summed E-state index contributed by atoms with van der Waals surface area (Å²) in [6.45, 7) is 2.71. The number of nitrogens with two attached hydrogens (primary N) is 1. The largest absolute Gasteiger partial charge is 0.366 e. The first kappa shape index (κ1) is 15.4. The zero-order valence-corrected chi connectivity index (χ0v) is 12.4. The van der Waals surface area contributed by atoms with E-state index in [0.717, 1.165) is 12.0 Å². The molecule has 1 aromatic rings. The molecule has 1 aliphatic carbocycles. The van der Waals surface area contributed by atoms with Gasteiger partial charge in [0.15, 0.2) is 0 Å². The van der Waals surface area contributed by atoms with Crippen LogP contribution in [0.2, 0.25) is 0 Å². The number of hydrogen-bond acceptors (Lipinski definition) is 2. The van der Waals surface area contributed by atoms with Gasteiger partial charge in [-0.15, -0.1) is 0 Å². The maximum atomic E-state index is 11.8. The van der Waals surface area contributed by atoms with Crippen LogP contribution in [0.1, 0.15) is 42.1 Å². The van der Waals surface area contributed by atoms with Gasteiger partial charge in [0.2, 0.25) is 5.91 Å². The summed E-state index contributed by atoms with van der Waals surface area (Å²) in [5.74, 6) is 0.126. The number of hydrogen-bond donors (Lipinski definition) is 3. The minimum absolute atomic E-state index is 0.111. The van der Waals surface area contributed by atoms with Gasteiger partial charge in [0.05, 0.1) is 0 Å². The van der Waals surface area contributed by atoms with Gasteiger partial charge in [0.25, 0.3) is 0 Å². The van der Waals surface area contributed by atoms with Crippen molar-refractivity contribution in [3.63, 3.8) is 0 Å². The minimum Gasteiger partial charge on any atom is -0.366 e. The van der Waals surface area contributed by atoms with Crippen LogP contribution in [0.3, 0.4) is 0 Å². The summed E-state index contributed by atoms with van der Waals surface area (Å²) in [4.78, 5) is 22.9. The fourth-order valence-electron chi connectivity index (χ4n) is 2.78.